The Labute approximate surface area is 118 Å². The first-order valence-electron chi connectivity index (χ1n) is 6.99. The molecule has 3 rings (SSSR count). The Morgan fingerprint density at radius 2 is 1.95 bits per heavy atom. The van der Waals surface area contributed by atoms with Crippen molar-refractivity contribution in [1.29, 1.82) is 0 Å². The molecule has 0 bridgehead atoms. The second-order valence-corrected chi connectivity index (χ2v) is 5.33. The molecule has 104 valence electrons. The van der Waals surface area contributed by atoms with Gasteiger partial charge in [-0.15, -0.1) is 0 Å². The van der Waals surface area contributed by atoms with E-state index in [1.807, 2.05) is 12.1 Å². The molecule has 20 heavy (non-hydrogen) atoms. The zero-order chi connectivity index (χ0) is 13.9. The maximum atomic E-state index is 13.2. The van der Waals surface area contributed by atoms with Crippen molar-refractivity contribution in [2.24, 2.45) is 0 Å². The van der Waals surface area contributed by atoms with E-state index in [2.05, 4.69) is 17.4 Å². The lowest BCUT2D eigenvalue weighted by molar-refractivity contribution is 0.276. The molecular formula is C17H18FNO. The molecule has 1 fully saturated rings. The van der Waals surface area contributed by atoms with Gasteiger partial charge in [-0.05, 0) is 48.1 Å². The maximum absolute atomic E-state index is 13.2. The van der Waals surface area contributed by atoms with Crippen LogP contribution >= 0.6 is 0 Å². The van der Waals surface area contributed by atoms with Crippen molar-refractivity contribution in [3.63, 3.8) is 0 Å². The predicted octanol–water partition coefficient (Wildman–Crippen LogP) is 3.85. The highest BCUT2D eigenvalue weighted by Gasteiger charge is 2.24. The van der Waals surface area contributed by atoms with E-state index in [1.165, 1.54) is 30.5 Å². The lowest BCUT2D eigenvalue weighted by atomic mass is 10.0. The van der Waals surface area contributed by atoms with E-state index < -0.39 is 0 Å². The molecule has 2 nitrogen and oxygen atoms in total. The minimum Gasteiger partial charge on any atom is -0.394 e. The van der Waals surface area contributed by atoms with E-state index >= 15 is 0 Å². The summed E-state index contributed by atoms with van der Waals surface area (Å²) in [6.07, 6.45) is 2.51. The largest absolute Gasteiger partial charge is 0.394 e. The first kappa shape index (κ1) is 13.1. The third-order valence-electron chi connectivity index (χ3n) is 3.71. The SMILES string of the molecule is OCC(Nc1cccc(F)c1)c1cccc(C2CC2)c1. The summed E-state index contributed by atoms with van der Waals surface area (Å²) in [5.74, 6) is 0.405. The van der Waals surface area contributed by atoms with Crippen LogP contribution in [0.5, 0.6) is 0 Å². The van der Waals surface area contributed by atoms with Gasteiger partial charge in [0, 0.05) is 5.69 Å². The van der Waals surface area contributed by atoms with Gasteiger partial charge in [-0.25, -0.2) is 4.39 Å². The topological polar surface area (TPSA) is 32.3 Å². The minimum atomic E-state index is -0.279. The molecule has 0 spiro atoms. The van der Waals surface area contributed by atoms with Crippen LogP contribution < -0.4 is 5.32 Å². The average Bonchev–Trinajstić information content (AvgIpc) is 3.29. The monoisotopic (exact) mass is 271 g/mol. The fourth-order valence-corrected chi connectivity index (χ4v) is 2.46. The molecule has 1 atom stereocenters. The summed E-state index contributed by atoms with van der Waals surface area (Å²) in [6, 6.07) is 14.4. The van der Waals surface area contributed by atoms with Crippen LogP contribution in [0.1, 0.15) is 35.9 Å². The number of hydrogen-bond donors (Lipinski definition) is 2. The normalized spacial score (nSPS) is 15.9. The van der Waals surface area contributed by atoms with E-state index in [-0.39, 0.29) is 18.5 Å². The highest BCUT2D eigenvalue weighted by molar-refractivity contribution is 5.46. The van der Waals surface area contributed by atoms with E-state index in [4.69, 9.17) is 0 Å². The first-order chi connectivity index (χ1) is 9.76. The molecule has 1 aliphatic carbocycles. The van der Waals surface area contributed by atoms with Gasteiger partial charge in [-0.1, -0.05) is 30.3 Å². The Balaban J connectivity index is 1.80. The summed E-state index contributed by atoms with van der Waals surface area (Å²) in [5, 5.41) is 12.8. The number of aliphatic hydroxyl groups excluding tert-OH is 1. The molecule has 0 saturated heterocycles. The summed E-state index contributed by atoms with van der Waals surface area (Å²) < 4.78 is 13.2. The lowest BCUT2D eigenvalue weighted by Gasteiger charge is -2.19. The van der Waals surface area contributed by atoms with Gasteiger partial charge in [-0.3, -0.25) is 0 Å². The average molecular weight is 271 g/mol. The molecule has 1 aliphatic rings. The molecule has 0 radical (unpaired) electrons. The van der Waals surface area contributed by atoms with Gasteiger partial charge in [0.15, 0.2) is 0 Å². The maximum Gasteiger partial charge on any atom is 0.125 e. The van der Waals surface area contributed by atoms with Crippen LogP contribution in [-0.2, 0) is 0 Å². The molecule has 1 unspecified atom stereocenters. The van der Waals surface area contributed by atoms with Crippen molar-refractivity contribution in [3.8, 4) is 0 Å². The van der Waals surface area contributed by atoms with E-state index in [1.54, 1.807) is 12.1 Å². The molecule has 3 heteroatoms. The molecular weight excluding hydrogens is 253 g/mol. The molecule has 1 saturated carbocycles. The Bertz CT molecular complexity index is 595. The Kier molecular flexibility index (Phi) is 3.70. The number of aliphatic hydroxyl groups is 1. The first-order valence-corrected chi connectivity index (χ1v) is 6.99. The van der Waals surface area contributed by atoms with Crippen LogP contribution in [0.2, 0.25) is 0 Å². The van der Waals surface area contributed by atoms with Gasteiger partial charge in [0.2, 0.25) is 0 Å². The number of benzene rings is 2. The molecule has 0 aliphatic heterocycles. The third-order valence-corrected chi connectivity index (χ3v) is 3.71. The number of hydrogen-bond acceptors (Lipinski definition) is 2. The zero-order valence-corrected chi connectivity index (χ0v) is 11.2. The number of anilines is 1. The van der Waals surface area contributed by atoms with E-state index in [0.717, 1.165) is 5.56 Å². The second-order valence-electron chi connectivity index (χ2n) is 5.33. The zero-order valence-electron chi connectivity index (χ0n) is 11.2. The Morgan fingerprint density at radius 3 is 2.65 bits per heavy atom. The molecule has 0 amide bonds. The van der Waals surface area contributed by atoms with Crippen LogP contribution in [0.25, 0.3) is 0 Å². The van der Waals surface area contributed by atoms with Gasteiger partial charge in [0.25, 0.3) is 0 Å². The van der Waals surface area contributed by atoms with Gasteiger partial charge in [0.05, 0.1) is 12.6 Å². The van der Waals surface area contributed by atoms with Crippen LogP contribution in [0.15, 0.2) is 48.5 Å². The summed E-state index contributed by atoms with van der Waals surface area (Å²) >= 11 is 0. The predicted molar refractivity (Wildman–Crippen MR) is 78.3 cm³/mol. The molecule has 2 aromatic rings. The van der Waals surface area contributed by atoms with Crippen LogP contribution in [-0.4, -0.2) is 11.7 Å². The van der Waals surface area contributed by atoms with Crippen molar-refractivity contribution in [3.05, 3.63) is 65.5 Å². The van der Waals surface area contributed by atoms with Gasteiger partial charge < -0.3 is 10.4 Å². The van der Waals surface area contributed by atoms with E-state index in [0.29, 0.717) is 11.6 Å². The van der Waals surface area contributed by atoms with Crippen molar-refractivity contribution in [2.45, 2.75) is 24.8 Å². The quantitative estimate of drug-likeness (QED) is 0.865. The molecule has 0 heterocycles. The second kappa shape index (κ2) is 5.63. The molecule has 0 aromatic heterocycles. The number of rotatable bonds is 5. The Hall–Kier alpha value is -1.87. The summed E-state index contributed by atoms with van der Waals surface area (Å²) in [5.41, 5.74) is 3.06. The Morgan fingerprint density at radius 1 is 1.15 bits per heavy atom. The third kappa shape index (κ3) is 2.99. The smallest absolute Gasteiger partial charge is 0.125 e. The van der Waals surface area contributed by atoms with Gasteiger partial charge in [-0.2, -0.15) is 0 Å². The standard InChI is InChI=1S/C17H18FNO/c18-15-5-2-6-16(10-15)19-17(11-20)14-4-1-3-13(9-14)12-7-8-12/h1-6,9-10,12,17,19-20H,7-8,11H2. The fourth-order valence-electron chi connectivity index (χ4n) is 2.46. The summed E-state index contributed by atoms with van der Waals surface area (Å²) in [6.45, 7) is -0.0232. The number of nitrogens with one attached hydrogen (secondary N) is 1. The van der Waals surface area contributed by atoms with Gasteiger partial charge >= 0.3 is 0 Å². The number of halogens is 1. The lowest BCUT2D eigenvalue weighted by Crippen LogP contribution is -2.15. The molecule has 2 aromatic carbocycles. The van der Waals surface area contributed by atoms with Crippen molar-refractivity contribution >= 4 is 5.69 Å². The van der Waals surface area contributed by atoms with Crippen LogP contribution in [0.3, 0.4) is 0 Å². The van der Waals surface area contributed by atoms with Crippen LogP contribution in [0.4, 0.5) is 10.1 Å². The minimum absolute atomic E-state index is 0.0232. The molecule has 2 N–H and O–H groups in total. The van der Waals surface area contributed by atoms with E-state index in [9.17, 15) is 9.50 Å². The summed E-state index contributed by atoms with van der Waals surface area (Å²) in [4.78, 5) is 0. The van der Waals surface area contributed by atoms with Crippen molar-refractivity contribution in [1.82, 2.24) is 0 Å². The fraction of sp³-hybridized carbons (Fsp3) is 0.294. The summed E-state index contributed by atoms with van der Waals surface area (Å²) in [7, 11) is 0. The van der Waals surface area contributed by atoms with Crippen LogP contribution in [0, 0.1) is 5.82 Å². The van der Waals surface area contributed by atoms with Crippen molar-refractivity contribution in [2.75, 3.05) is 11.9 Å². The van der Waals surface area contributed by atoms with Gasteiger partial charge in [0.1, 0.15) is 5.82 Å². The highest BCUT2D eigenvalue weighted by atomic mass is 19.1. The van der Waals surface area contributed by atoms with Crippen molar-refractivity contribution < 1.29 is 9.50 Å². The highest BCUT2D eigenvalue weighted by Crippen LogP contribution is 2.40.